The molecular weight excluding hydrogens is 527 g/mol. The highest BCUT2D eigenvalue weighted by molar-refractivity contribution is 5.98. The molecule has 0 unspecified atom stereocenters. The maximum absolute atomic E-state index is 14.1. The van der Waals surface area contributed by atoms with Crippen LogP contribution < -0.4 is 0 Å². The molecule has 0 radical (unpaired) electrons. The van der Waals surface area contributed by atoms with Gasteiger partial charge < -0.3 is 0 Å². The van der Waals surface area contributed by atoms with Gasteiger partial charge in [0, 0.05) is 68.7 Å². The molecule has 1 saturated heterocycles. The molecule has 3 heterocycles. The topological polar surface area (TPSA) is 53.7 Å². The Morgan fingerprint density at radius 1 is 1.02 bits per heavy atom. The van der Waals surface area contributed by atoms with E-state index in [-0.39, 0.29) is 24.3 Å². The predicted molar refractivity (Wildman–Crippen MR) is 152 cm³/mol. The lowest BCUT2D eigenvalue weighted by molar-refractivity contribution is -0.138. The molecule has 1 aliphatic rings. The van der Waals surface area contributed by atoms with E-state index in [2.05, 4.69) is 45.5 Å². The third-order valence-electron chi connectivity index (χ3n) is 7.58. The van der Waals surface area contributed by atoms with Crippen LogP contribution in [0.5, 0.6) is 0 Å². The molecule has 1 fully saturated rings. The summed E-state index contributed by atoms with van der Waals surface area (Å²) in [6, 6.07) is 9.92. The van der Waals surface area contributed by atoms with Crippen LogP contribution in [0.4, 0.5) is 13.2 Å². The summed E-state index contributed by atoms with van der Waals surface area (Å²) in [6.45, 7) is 9.51. The summed E-state index contributed by atoms with van der Waals surface area (Å²) in [6.07, 6.45) is 2.07. The highest BCUT2D eigenvalue weighted by atomic mass is 19.4. The lowest BCUT2D eigenvalue weighted by atomic mass is 9.96. The lowest BCUT2D eigenvalue weighted by Crippen LogP contribution is -2.48. The largest absolute Gasteiger partial charge is 0.416 e. The summed E-state index contributed by atoms with van der Waals surface area (Å²) in [5.74, 6) is 5.94. The van der Waals surface area contributed by atoms with E-state index < -0.39 is 11.7 Å². The smallest absolute Gasteiger partial charge is 0.298 e. The average molecular weight is 560 g/mol. The summed E-state index contributed by atoms with van der Waals surface area (Å²) >= 11 is 0. The van der Waals surface area contributed by atoms with Gasteiger partial charge in [-0.3, -0.25) is 24.0 Å². The Balaban J connectivity index is 1.32. The quantitative estimate of drug-likeness (QED) is 0.234. The number of benzene rings is 2. The maximum atomic E-state index is 14.1. The fourth-order valence-corrected chi connectivity index (χ4v) is 5.10. The van der Waals surface area contributed by atoms with Gasteiger partial charge in [-0.15, -0.1) is 0 Å². The zero-order valence-electron chi connectivity index (χ0n) is 23.4. The van der Waals surface area contributed by atoms with Crippen molar-refractivity contribution in [2.75, 3.05) is 26.2 Å². The molecule has 0 spiro atoms. The molecule has 2 aromatic heterocycles. The summed E-state index contributed by atoms with van der Waals surface area (Å²) in [5.41, 5.74) is 3.23. The number of hydrogen-bond acceptors (Lipinski definition) is 5. The number of aryl methyl sites for hydroxylation is 1. The zero-order chi connectivity index (χ0) is 29.1. The number of alkyl halides is 3. The summed E-state index contributed by atoms with van der Waals surface area (Å²) in [7, 11) is 0. The molecule has 0 saturated carbocycles. The molecule has 6 nitrogen and oxygen atoms in total. The minimum Gasteiger partial charge on any atom is -0.298 e. The molecule has 0 N–H and O–H groups in total. The Labute approximate surface area is 237 Å². The number of ketones is 1. The first kappa shape index (κ1) is 28.5. The number of halogens is 3. The van der Waals surface area contributed by atoms with Crippen molar-refractivity contribution in [2.24, 2.45) is 0 Å². The van der Waals surface area contributed by atoms with Crippen LogP contribution in [0.15, 0.2) is 61.2 Å². The van der Waals surface area contributed by atoms with Gasteiger partial charge in [0.1, 0.15) is 5.69 Å². The van der Waals surface area contributed by atoms with E-state index in [4.69, 9.17) is 0 Å². The molecule has 2 aromatic carbocycles. The van der Waals surface area contributed by atoms with Crippen LogP contribution in [0.1, 0.15) is 57.7 Å². The Morgan fingerprint density at radius 2 is 1.80 bits per heavy atom. The minimum atomic E-state index is -4.51. The number of Topliss-reactive ketones (excluding diaryl/α,β-unsaturated/α-hetero) is 1. The van der Waals surface area contributed by atoms with Crippen LogP contribution in [-0.2, 0) is 19.1 Å². The fourth-order valence-electron chi connectivity index (χ4n) is 5.10. The minimum absolute atomic E-state index is 0.132. The Bertz CT molecular complexity index is 1620. The van der Waals surface area contributed by atoms with E-state index >= 15 is 0 Å². The van der Waals surface area contributed by atoms with Crippen molar-refractivity contribution in [3.05, 3.63) is 100 Å². The Morgan fingerprint density at radius 3 is 2.54 bits per heavy atom. The second-order valence-corrected chi connectivity index (χ2v) is 10.7. The number of piperazine rings is 1. The number of aromatic nitrogens is 3. The molecule has 0 atom stereocenters. The van der Waals surface area contributed by atoms with Crippen molar-refractivity contribution in [1.82, 2.24) is 24.2 Å². The van der Waals surface area contributed by atoms with Crippen molar-refractivity contribution < 1.29 is 18.0 Å². The summed E-state index contributed by atoms with van der Waals surface area (Å²) in [5, 5.41) is 0. The molecule has 0 amide bonds. The molecule has 4 aromatic rings. The van der Waals surface area contributed by atoms with Gasteiger partial charge in [-0.1, -0.05) is 30.2 Å². The van der Waals surface area contributed by atoms with Crippen molar-refractivity contribution in [2.45, 2.75) is 46.0 Å². The predicted octanol–water partition coefficient (Wildman–Crippen LogP) is 5.41. The number of carbonyl (C=O) groups excluding carboxylic acids is 1. The normalized spacial score (nSPS) is 14.8. The first-order chi connectivity index (χ1) is 19.6. The summed E-state index contributed by atoms with van der Waals surface area (Å²) in [4.78, 5) is 25.9. The van der Waals surface area contributed by atoms with Gasteiger partial charge in [-0.2, -0.15) is 13.2 Å². The molecule has 5 rings (SSSR count). The standard InChI is InChI=1S/C32H32F3N5O/c1-22(2)39-14-12-38(13-15-39)21-27-7-5-24(16-29(27)32(33,34)35)17-30(41)26-6-4-23(3)25(18-26)8-9-28-19-37-31-20-36-10-11-40(28)31/h4-7,10-11,16,18-20,22H,12-15,17,21H2,1-3H3. The van der Waals surface area contributed by atoms with E-state index in [1.165, 1.54) is 6.07 Å². The van der Waals surface area contributed by atoms with Gasteiger partial charge in [-0.05, 0) is 55.5 Å². The molecule has 41 heavy (non-hydrogen) atoms. The lowest BCUT2D eigenvalue weighted by Gasteiger charge is -2.37. The van der Waals surface area contributed by atoms with Crippen LogP contribution in [0.25, 0.3) is 5.65 Å². The zero-order valence-corrected chi connectivity index (χ0v) is 23.4. The van der Waals surface area contributed by atoms with Crippen molar-refractivity contribution in [1.29, 1.82) is 0 Å². The second-order valence-electron chi connectivity index (χ2n) is 10.7. The number of hydrogen-bond donors (Lipinski definition) is 0. The molecule has 212 valence electrons. The first-order valence-electron chi connectivity index (χ1n) is 13.7. The van der Waals surface area contributed by atoms with Crippen molar-refractivity contribution in [3.8, 4) is 11.8 Å². The van der Waals surface area contributed by atoms with Gasteiger partial charge >= 0.3 is 6.18 Å². The highest BCUT2D eigenvalue weighted by Crippen LogP contribution is 2.34. The monoisotopic (exact) mass is 559 g/mol. The second kappa shape index (κ2) is 11.9. The SMILES string of the molecule is Cc1ccc(C(=O)Cc2ccc(CN3CCN(C(C)C)CC3)c(C(F)(F)F)c2)cc1C#Cc1cnc2cnccn12. The number of rotatable bonds is 6. The fraction of sp³-hybridized carbons (Fsp3) is 0.344. The molecule has 0 aliphatic carbocycles. The van der Waals surface area contributed by atoms with E-state index in [0.717, 1.165) is 37.8 Å². The Kier molecular flexibility index (Phi) is 8.25. The molecular formula is C32H32F3N5O. The van der Waals surface area contributed by atoms with Gasteiger partial charge in [0.25, 0.3) is 0 Å². The van der Waals surface area contributed by atoms with Crippen LogP contribution in [0.2, 0.25) is 0 Å². The van der Waals surface area contributed by atoms with Crippen LogP contribution >= 0.6 is 0 Å². The van der Waals surface area contributed by atoms with E-state index in [0.29, 0.717) is 34.1 Å². The number of imidazole rings is 1. The van der Waals surface area contributed by atoms with Gasteiger partial charge in [-0.25, -0.2) is 4.98 Å². The van der Waals surface area contributed by atoms with E-state index in [1.54, 1.807) is 49.1 Å². The molecule has 9 heteroatoms. The van der Waals surface area contributed by atoms with Gasteiger partial charge in [0.2, 0.25) is 0 Å². The molecule has 0 bridgehead atoms. The van der Waals surface area contributed by atoms with Crippen LogP contribution in [0, 0.1) is 18.8 Å². The van der Waals surface area contributed by atoms with Crippen LogP contribution in [-0.4, -0.2) is 62.2 Å². The maximum Gasteiger partial charge on any atom is 0.416 e. The highest BCUT2D eigenvalue weighted by Gasteiger charge is 2.34. The number of fused-ring (bicyclic) bond motifs is 1. The van der Waals surface area contributed by atoms with Gasteiger partial charge in [0.15, 0.2) is 11.4 Å². The van der Waals surface area contributed by atoms with Gasteiger partial charge in [0.05, 0.1) is 18.0 Å². The summed E-state index contributed by atoms with van der Waals surface area (Å²) < 4.78 is 44.0. The Hall–Kier alpha value is -4.00. The van der Waals surface area contributed by atoms with E-state index in [9.17, 15) is 18.0 Å². The number of nitrogens with zero attached hydrogens (tertiary/aromatic N) is 5. The third-order valence-corrected chi connectivity index (χ3v) is 7.58. The van der Waals surface area contributed by atoms with E-state index in [1.807, 2.05) is 11.3 Å². The van der Waals surface area contributed by atoms with Crippen molar-refractivity contribution >= 4 is 11.4 Å². The van der Waals surface area contributed by atoms with Crippen LogP contribution in [0.3, 0.4) is 0 Å². The molecule has 1 aliphatic heterocycles. The average Bonchev–Trinajstić information content (AvgIpc) is 3.36. The van der Waals surface area contributed by atoms with Crippen molar-refractivity contribution in [3.63, 3.8) is 0 Å². The first-order valence-corrected chi connectivity index (χ1v) is 13.7. The third kappa shape index (κ3) is 6.67. The number of carbonyl (C=O) groups is 1.